The zero-order valence-corrected chi connectivity index (χ0v) is 37.7. The third-order valence-electron chi connectivity index (χ3n) is 14.6. The number of carbonyl (C=O) groups is 6. The van der Waals surface area contributed by atoms with E-state index in [4.69, 9.17) is 26.7 Å². The minimum Gasteiger partial charge on any atom is -0.493 e. The molecule has 1 unspecified atom stereocenters. The van der Waals surface area contributed by atoms with Gasteiger partial charge >= 0.3 is 6.18 Å². The van der Waals surface area contributed by atoms with Gasteiger partial charge in [-0.25, -0.2) is 9.97 Å². The number of amides is 4. The Balaban J connectivity index is 0.820. The molecule has 0 radical (unpaired) electrons. The number of imide groups is 2. The van der Waals surface area contributed by atoms with Crippen LogP contribution in [0.25, 0.3) is 10.9 Å². The number of halogens is 3. The highest BCUT2D eigenvalue weighted by atomic mass is 19.4. The van der Waals surface area contributed by atoms with Crippen LogP contribution in [-0.4, -0.2) is 87.4 Å². The Morgan fingerprint density at radius 3 is 2.32 bits per heavy atom. The Kier molecular flexibility index (Phi) is 11.3. The molecule has 4 amide bonds. The number of fused-ring (bicyclic) bond motifs is 2. The smallest absolute Gasteiger partial charge is 0.416 e. The molecule has 20 heteroatoms. The second kappa shape index (κ2) is 16.5. The molecule has 9 rings (SSSR count). The highest BCUT2D eigenvalue weighted by molar-refractivity contribution is 6.25. The van der Waals surface area contributed by atoms with E-state index in [9.17, 15) is 41.9 Å². The fourth-order valence-corrected chi connectivity index (χ4v) is 10.7. The number of carbonyl (C=O) groups excluding carboxylic acids is 6. The first kappa shape index (κ1) is 46.4. The predicted octanol–water partition coefficient (Wildman–Crippen LogP) is 5.28. The Morgan fingerprint density at radius 2 is 1.66 bits per heavy atom. The molecule has 5 aliphatic rings. The first-order chi connectivity index (χ1) is 32.1. The van der Waals surface area contributed by atoms with Gasteiger partial charge in [-0.15, -0.1) is 0 Å². The summed E-state index contributed by atoms with van der Waals surface area (Å²) >= 11 is 0. The van der Waals surface area contributed by atoms with Crippen molar-refractivity contribution in [2.24, 2.45) is 22.3 Å². The number of nitrogen functional groups attached to an aromatic ring is 1. The standard InChI is InChI=1S/C48H52F3N9O8/c1-24(26-15-27(48(49,50)51)17-28(52)16-26)56-39-30-18-35(34(67-3)19-32(30)57-25(2)58-39)68-23-45(11-12-45)43(66)47(54)21-44(22-47)9-13-46(53,14-10-44)36(61)20-55-31-6-4-5-29-38(31)42(65)60(41(29)64)33-7-8-37(62)59-40(33)63/h4-6,15-19,24,33,55H,7-14,20-23,52-54H2,1-3H3,(H,56,57,58)(H,59,62,63)/t24-,33?,44?,46?,47?/m1/s1. The third kappa shape index (κ3) is 8.26. The van der Waals surface area contributed by atoms with E-state index in [-0.39, 0.29) is 65.5 Å². The number of ether oxygens (including phenoxy) is 2. The van der Waals surface area contributed by atoms with Crippen molar-refractivity contribution in [1.82, 2.24) is 20.2 Å². The molecule has 2 aliphatic heterocycles. The highest BCUT2D eigenvalue weighted by Crippen LogP contribution is 2.61. The summed E-state index contributed by atoms with van der Waals surface area (Å²) in [5, 5.41) is 8.92. The molecule has 68 heavy (non-hydrogen) atoms. The fourth-order valence-electron chi connectivity index (χ4n) is 10.7. The number of ketones is 2. The molecule has 1 spiro atoms. The molecule has 3 heterocycles. The lowest BCUT2D eigenvalue weighted by molar-refractivity contribution is -0.144. The average Bonchev–Trinajstić information content (AvgIpc) is 4.03. The SMILES string of the molecule is COc1cc2nc(C)nc(N[C@H](C)c3cc(N)cc(C(F)(F)F)c3)c2cc1OCC1(C(=O)C2(N)CC3(CCC(N)(C(=O)CNc4cccc5c4C(=O)N(C4CCC(=O)NC4=O)C5=O)CC3)C2)CC1. The van der Waals surface area contributed by atoms with Crippen LogP contribution in [0.5, 0.6) is 11.5 Å². The zero-order valence-electron chi connectivity index (χ0n) is 37.7. The van der Waals surface area contributed by atoms with Gasteiger partial charge in [0.2, 0.25) is 11.8 Å². The van der Waals surface area contributed by atoms with Gasteiger partial charge in [0.15, 0.2) is 23.1 Å². The maximum absolute atomic E-state index is 14.3. The van der Waals surface area contributed by atoms with E-state index >= 15 is 0 Å². The second-order valence-electron chi connectivity index (χ2n) is 19.4. The van der Waals surface area contributed by atoms with Crippen molar-refractivity contribution in [3.05, 3.63) is 76.6 Å². The molecule has 0 bridgehead atoms. The van der Waals surface area contributed by atoms with Crippen LogP contribution in [0.1, 0.15) is 115 Å². The van der Waals surface area contributed by atoms with Gasteiger partial charge in [-0.2, -0.15) is 13.2 Å². The normalized spacial score (nSPS) is 25.6. The number of Topliss-reactive ketones (excluding diaryl/α,β-unsaturated/α-hetero) is 2. The summed E-state index contributed by atoms with van der Waals surface area (Å²) in [5.74, 6) is -1.48. The van der Waals surface area contributed by atoms with Crippen LogP contribution in [0, 0.1) is 17.8 Å². The van der Waals surface area contributed by atoms with Gasteiger partial charge in [-0.3, -0.25) is 39.0 Å². The number of alkyl halides is 3. The minimum absolute atomic E-state index is 0.0119. The lowest BCUT2D eigenvalue weighted by Crippen LogP contribution is -2.67. The number of aryl methyl sites for hydroxylation is 1. The van der Waals surface area contributed by atoms with Crippen LogP contribution in [0.3, 0.4) is 0 Å². The first-order valence-electron chi connectivity index (χ1n) is 22.5. The van der Waals surface area contributed by atoms with Crippen LogP contribution in [0.15, 0.2) is 48.5 Å². The van der Waals surface area contributed by atoms with E-state index in [1.165, 1.54) is 19.2 Å². The van der Waals surface area contributed by atoms with Crippen molar-refractivity contribution < 1.29 is 51.4 Å². The predicted molar refractivity (Wildman–Crippen MR) is 241 cm³/mol. The van der Waals surface area contributed by atoms with E-state index in [0.717, 1.165) is 17.0 Å². The molecule has 3 aromatic carbocycles. The quantitative estimate of drug-likeness (QED) is 0.0694. The third-order valence-corrected chi connectivity index (χ3v) is 14.6. The number of hydrogen-bond acceptors (Lipinski definition) is 15. The number of rotatable bonds is 14. The topological polar surface area (TPSA) is 264 Å². The number of hydrogen-bond donors (Lipinski definition) is 6. The number of piperidine rings is 1. The number of nitrogens with zero attached hydrogens (tertiary/aromatic N) is 3. The molecule has 3 aliphatic carbocycles. The lowest BCUT2D eigenvalue weighted by Gasteiger charge is -2.58. The summed E-state index contributed by atoms with van der Waals surface area (Å²) in [5.41, 5.74) is 16.4. The zero-order chi connectivity index (χ0) is 48.7. The molecular weight excluding hydrogens is 888 g/mol. The number of nitrogens with one attached hydrogen (secondary N) is 3. The second-order valence-corrected chi connectivity index (χ2v) is 19.4. The largest absolute Gasteiger partial charge is 0.493 e. The summed E-state index contributed by atoms with van der Waals surface area (Å²) in [6.07, 6.45) is -0.705. The van der Waals surface area contributed by atoms with E-state index in [1.54, 1.807) is 38.1 Å². The van der Waals surface area contributed by atoms with Crippen molar-refractivity contribution >= 4 is 63.3 Å². The van der Waals surface area contributed by atoms with E-state index in [1.807, 2.05) is 0 Å². The van der Waals surface area contributed by atoms with Gasteiger partial charge in [0, 0.05) is 29.2 Å². The summed E-state index contributed by atoms with van der Waals surface area (Å²) in [7, 11) is 1.48. The van der Waals surface area contributed by atoms with Crippen molar-refractivity contribution in [2.45, 2.75) is 107 Å². The van der Waals surface area contributed by atoms with Crippen molar-refractivity contribution in [1.29, 1.82) is 0 Å². The van der Waals surface area contributed by atoms with Gasteiger partial charge in [0.25, 0.3) is 11.8 Å². The van der Waals surface area contributed by atoms with Crippen LogP contribution in [0.2, 0.25) is 0 Å². The molecule has 4 aromatic rings. The van der Waals surface area contributed by atoms with Crippen molar-refractivity contribution in [2.75, 3.05) is 36.6 Å². The van der Waals surface area contributed by atoms with Crippen LogP contribution in [0.4, 0.5) is 30.4 Å². The number of aromatic nitrogens is 2. The number of benzene rings is 3. The minimum atomic E-state index is -4.58. The van der Waals surface area contributed by atoms with E-state index in [0.29, 0.717) is 91.0 Å². The molecule has 2 atom stereocenters. The summed E-state index contributed by atoms with van der Waals surface area (Å²) in [6, 6.07) is 9.61. The van der Waals surface area contributed by atoms with Crippen LogP contribution >= 0.6 is 0 Å². The Morgan fingerprint density at radius 1 is 0.941 bits per heavy atom. The molecule has 4 fully saturated rings. The fraction of sp³-hybridized carbons (Fsp3) is 0.458. The monoisotopic (exact) mass is 939 g/mol. The maximum Gasteiger partial charge on any atom is 0.416 e. The van der Waals surface area contributed by atoms with Gasteiger partial charge in [-0.1, -0.05) is 6.07 Å². The van der Waals surface area contributed by atoms with Crippen molar-refractivity contribution in [3.8, 4) is 11.5 Å². The maximum atomic E-state index is 14.3. The van der Waals surface area contributed by atoms with E-state index in [2.05, 4.69) is 25.9 Å². The summed E-state index contributed by atoms with van der Waals surface area (Å²) in [6.45, 7) is 3.20. The van der Waals surface area contributed by atoms with Crippen LogP contribution < -0.4 is 42.6 Å². The number of nitrogens with two attached hydrogens (primary N) is 3. The highest BCUT2D eigenvalue weighted by Gasteiger charge is 2.65. The Hall–Kier alpha value is -6.67. The summed E-state index contributed by atoms with van der Waals surface area (Å²) < 4.78 is 52.9. The number of anilines is 3. The van der Waals surface area contributed by atoms with Gasteiger partial charge in [0.05, 0.1) is 58.4 Å². The number of methoxy groups -OCH3 is 1. The van der Waals surface area contributed by atoms with Gasteiger partial charge in [0.1, 0.15) is 24.3 Å². The first-order valence-corrected chi connectivity index (χ1v) is 22.5. The average molecular weight is 940 g/mol. The Bertz CT molecular complexity index is 2810. The molecule has 9 N–H and O–H groups in total. The van der Waals surface area contributed by atoms with Crippen molar-refractivity contribution in [3.63, 3.8) is 0 Å². The Labute approximate surface area is 388 Å². The molecule has 1 saturated heterocycles. The van der Waals surface area contributed by atoms with Crippen LogP contribution in [-0.2, 0) is 25.4 Å². The molecule has 3 saturated carbocycles. The van der Waals surface area contributed by atoms with E-state index < -0.39 is 63.9 Å². The summed E-state index contributed by atoms with van der Waals surface area (Å²) in [4.78, 5) is 89.1. The molecule has 17 nitrogen and oxygen atoms in total. The molecule has 1 aromatic heterocycles. The molecular formula is C48H52F3N9O8. The molecule has 358 valence electrons. The lowest BCUT2D eigenvalue weighted by atomic mass is 9.48. The van der Waals surface area contributed by atoms with Gasteiger partial charge in [-0.05, 0) is 119 Å². The van der Waals surface area contributed by atoms with Gasteiger partial charge < -0.3 is 37.3 Å².